The predicted molar refractivity (Wildman–Crippen MR) is 124 cm³/mol. The molecule has 0 amide bonds. The number of aliphatic hydroxyl groups excluding tert-OH is 2. The van der Waals surface area contributed by atoms with Crippen LogP contribution in [0, 0.1) is 23.2 Å². The van der Waals surface area contributed by atoms with E-state index < -0.39 is 11.7 Å². The van der Waals surface area contributed by atoms with Gasteiger partial charge in [0.25, 0.3) is 0 Å². The van der Waals surface area contributed by atoms with Crippen LogP contribution in [0.3, 0.4) is 0 Å². The molecule has 3 rings (SSSR count). The summed E-state index contributed by atoms with van der Waals surface area (Å²) in [7, 11) is 0. The van der Waals surface area contributed by atoms with E-state index in [-0.39, 0.29) is 6.10 Å². The van der Waals surface area contributed by atoms with Crippen molar-refractivity contribution < 1.29 is 15.3 Å². The minimum Gasteiger partial charge on any atom is -0.393 e. The summed E-state index contributed by atoms with van der Waals surface area (Å²) in [4.78, 5) is 0. The van der Waals surface area contributed by atoms with E-state index in [1.807, 2.05) is 0 Å². The van der Waals surface area contributed by atoms with Gasteiger partial charge < -0.3 is 15.3 Å². The lowest BCUT2D eigenvalue weighted by molar-refractivity contribution is -0.0554. The summed E-state index contributed by atoms with van der Waals surface area (Å²) >= 11 is 0. The Labute approximate surface area is 184 Å². The highest BCUT2D eigenvalue weighted by Gasteiger charge is 2.50. The topological polar surface area (TPSA) is 60.7 Å². The van der Waals surface area contributed by atoms with Crippen molar-refractivity contribution in [1.82, 2.24) is 0 Å². The van der Waals surface area contributed by atoms with Crippen LogP contribution in [0.25, 0.3) is 0 Å². The van der Waals surface area contributed by atoms with Crippen molar-refractivity contribution in [2.45, 2.75) is 110 Å². The van der Waals surface area contributed by atoms with Crippen molar-refractivity contribution in [1.29, 1.82) is 0 Å². The van der Waals surface area contributed by atoms with Crippen molar-refractivity contribution in [3.63, 3.8) is 0 Å². The van der Waals surface area contributed by atoms with Crippen molar-refractivity contribution >= 4 is 0 Å². The molecule has 3 nitrogen and oxygen atoms in total. The zero-order valence-corrected chi connectivity index (χ0v) is 19.7. The number of hydrogen-bond acceptors (Lipinski definition) is 3. The molecule has 1 unspecified atom stereocenters. The zero-order valence-electron chi connectivity index (χ0n) is 19.7. The van der Waals surface area contributed by atoms with E-state index in [9.17, 15) is 15.3 Å². The molecular weight excluding hydrogens is 372 g/mol. The summed E-state index contributed by atoms with van der Waals surface area (Å²) < 4.78 is 0. The second-order valence-electron chi connectivity index (χ2n) is 11.3. The third-order valence-corrected chi connectivity index (χ3v) is 8.62. The number of rotatable bonds is 6. The van der Waals surface area contributed by atoms with Crippen LogP contribution in [0.1, 0.15) is 91.9 Å². The van der Waals surface area contributed by atoms with Crippen LogP contribution in [0.2, 0.25) is 0 Å². The van der Waals surface area contributed by atoms with Gasteiger partial charge in [0.15, 0.2) is 0 Å². The van der Waals surface area contributed by atoms with Crippen LogP contribution < -0.4 is 0 Å². The van der Waals surface area contributed by atoms with Crippen molar-refractivity contribution in [3.05, 3.63) is 35.5 Å². The quantitative estimate of drug-likeness (QED) is 0.520. The molecule has 0 aromatic heterocycles. The molecule has 3 N–H and O–H groups in total. The first-order valence-corrected chi connectivity index (χ1v) is 12.2. The van der Waals surface area contributed by atoms with Crippen LogP contribution in [-0.4, -0.2) is 33.1 Å². The maximum absolute atomic E-state index is 10.3. The molecule has 6 atom stereocenters. The Morgan fingerprint density at radius 3 is 2.60 bits per heavy atom. The van der Waals surface area contributed by atoms with E-state index in [1.54, 1.807) is 19.4 Å². The number of aliphatic hydroxyl groups is 3. The van der Waals surface area contributed by atoms with Gasteiger partial charge in [-0.2, -0.15) is 0 Å². The van der Waals surface area contributed by atoms with E-state index in [2.05, 4.69) is 32.6 Å². The summed E-state index contributed by atoms with van der Waals surface area (Å²) in [6.07, 6.45) is 14.1. The highest BCUT2D eigenvalue weighted by molar-refractivity contribution is 5.36. The van der Waals surface area contributed by atoms with E-state index >= 15 is 0 Å². The third-order valence-electron chi connectivity index (χ3n) is 8.62. The fourth-order valence-electron chi connectivity index (χ4n) is 6.58. The Morgan fingerprint density at radius 1 is 1.17 bits per heavy atom. The molecule has 0 bridgehead atoms. The molecule has 3 saturated carbocycles. The van der Waals surface area contributed by atoms with Crippen LogP contribution >= 0.6 is 0 Å². The fraction of sp³-hybridized carbons (Fsp3) is 0.778. The highest BCUT2D eigenvalue weighted by Crippen LogP contribution is 2.60. The molecule has 170 valence electrons. The van der Waals surface area contributed by atoms with Gasteiger partial charge in [0.05, 0.1) is 17.8 Å². The maximum atomic E-state index is 10.3. The van der Waals surface area contributed by atoms with Gasteiger partial charge in [-0.15, -0.1) is 0 Å². The second kappa shape index (κ2) is 9.30. The van der Waals surface area contributed by atoms with Gasteiger partial charge >= 0.3 is 0 Å². The molecule has 3 fully saturated rings. The lowest BCUT2D eigenvalue weighted by atomic mass is 9.60. The van der Waals surface area contributed by atoms with Crippen molar-refractivity contribution in [2.24, 2.45) is 23.2 Å². The molecule has 0 radical (unpaired) electrons. The SMILES string of the molecule is C=C1CC[C@H](O)C/C1=C/C=C1\CCC[C@@]2(C)C1CC[C@@H]2[C@H](C)CC[C@@H](O)C(C)(C)O. The Bertz CT molecular complexity index is 683. The Morgan fingerprint density at radius 2 is 1.90 bits per heavy atom. The van der Waals surface area contributed by atoms with E-state index in [1.165, 1.54) is 43.3 Å². The van der Waals surface area contributed by atoms with Crippen LogP contribution in [0.15, 0.2) is 35.5 Å². The van der Waals surface area contributed by atoms with Gasteiger partial charge in [-0.3, -0.25) is 0 Å². The monoisotopic (exact) mass is 416 g/mol. The standard InChI is InChI=1S/C27H44O3/c1-18-8-12-22(28)17-21(18)11-10-20-7-6-16-27(5)23(13-14-24(20)27)19(2)9-15-25(29)26(3,4)30/h10-11,19,22-25,28-30H,1,6-9,12-17H2,2-5H3/b20-10+,21-11-/t19-,22+,23-,24?,25-,27-/m1/s1. The molecule has 3 aliphatic carbocycles. The summed E-state index contributed by atoms with van der Waals surface area (Å²) in [6, 6.07) is 0. The lowest BCUT2D eigenvalue weighted by Gasteiger charge is -2.44. The summed E-state index contributed by atoms with van der Waals surface area (Å²) in [6.45, 7) is 12.5. The molecule has 30 heavy (non-hydrogen) atoms. The molecular formula is C27H44O3. The number of fused-ring (bicyclic) bond motifs is 1. The molecule has 0 saturated heterocycles. The minimum atomic E-state index is -1.02. The number of allylic oxidation sites excluding steroid dienone is 4. The molecule has 3 aliphatic rings. The van der Waals surface area contributed by atoms with Gasteiger partial charge in [0, 0.05) is 0 Å². The van der Waals surface area contributed by atoms with E-state index in [0.29, 0.717) is 29.6 Å². The first kappa shape index (κ1) is 23.8. The Balaban J connectivity index is 1.69. The highest BCUT2D eigenvalue weighted by atomic mass is 16.3. The molecule has 3 heteroatoms. The van der Waals surface area contributed by atoms with Crippen LogP contribution in [-0.2, 0) is 0 Å². The average Bonchev–Trinajstić information content (AvgIpc) is 3.03. The average molecular weight is 417 g/mol. The van der Waals surface area contributed by atoms with Crippen LogP contribution in [0.4, 0.5) is 0 Å². The van der Waals surface area contributed by atoms with Gasteiger partial charge in [0.2, 0.25) is 0 Å². The second-order valence-corrected chi connectivity index (χ2v) is 11.3. The summed E-state index contributed by atoms with van der Waals surface area (Å²) in [5, 5.41) is 30.3. The van der Waals surface area contributed by atoms with Gasteiger partial charge in [-0.1, -0.05) is 43.7 Å². The normalized spacial score (nSPS) is 37.4. The molecule has 0 aromatic carbocycles. The first-order chi connectivity index (χ1) is 14.0. The predicted octanol–water partition coefficient (Wildman–Crippen LogP) is 5.70. The van der Waals surface area contributed by atoms with Crippen LogP contribution in [0.5, 0.6) is 0 Å². The Hall–Kier alpha value is -0.900. The van der Waals surface area contributed by atoms with Gasteiger partial charge in [-0.25, -0.2) is 0 Å². The minimum absolute atomic E-state index is 0.215. The maximum Gasteiger partial charge on any atom is 0.0849 e. The molecule has 0 spiro atoms. The van der Waals surface area contributed by atoms with E-state index in [0.717, 1.165) is 25.7 Å². The summed E-state index contributed by atoms with van der Waals surface area (Å²) in [5.74, 6) is 1.89. The Kier molecular flexibility index (Phi) is 7.37. The van der Waals surface area contributed by atoms with E-state index in [4.69, 9.17) is 0 Å². The molecule has 0 aromatic rings. The number of hydrogen-bond donors (Lipinski definition) is 3. The van der Waals surface area contributed by atoms with Crippen molar-refractivity contribution in [3.8, 4) is 0 Å². The lowest BCUT2D eigenvalue weighted by Crippen LogP contribution is -2.38. The largest absolute Gasteiger partial charge is 0.393 e. The molecule has 0 heterocycles. The summed E-state index contributed by atoms with van der Waals surface area (Å²) in [5.41, 5.74) is 3.34. The first-order valence-electron chi connectivity index (χ1n) is 12.2. The smallest absolute Gasteiger partial charge is 0.0849 e. The fourth-order valence-corrected chi connectivity index (χ4v) is 6.58. The van der Waals surface area contributed by atoms with Crippen molar-refractivity contribution in [2.75, 3.05) is 0 Å². The van der Waals surface area contributed by atoms with Gasteiger partial charge in [-0.05, 0) is 107 Å². The van der Waals surface area contributed by atoms with Gasteiger partial charge in [0.1, 0.15) is 0 Å². The zero-order chi connectivity index (χ0) is 22.1. The third kappa shape index (κ3) is 5.11. The molecule has 0 aliphatic heterocycles.